The molecular formula is C34H53NO5Si. The maximum absolute atomic E-state index is 13.5. The van der Waals surface area contributed by atoms with Gasteiger partial charge in [-0.05, 0) is 70.8 Å². The number of rotatable bonds is 11. The molecule has 6 nitrogen and oxygen atoms in total. The topological polar surface area (TPSA) is 57.2 Å². The van der Waals surface area contributed by atoms with Crippen LogP contribution in [0.5, 0.6) is 0 Å². The Labute approximate surface area is 249 Å². The normalized spacial score (nSPS) is 21.1. The van der Waals surface area contributed by atoms with E-state index < -0.39 is 25.8 Å². The lowest BCUT2D eigenvalue weighted by molar-refractivity contribution is -0.165. The van der Waals surface area contributed by atoms with Gasteiger partial charge in [0.15, 0.2) is 14.1 Å². The minimum absolute atomic E-state index is 0.00175. The van der Waals surface area contributed by atoms with Crippen molar-refractivity contribution in [1.82, 2.24) is 4.90 Å². The molecule has 3 rings (SSSR count). The van der Waals surface area contributed by atoms with Gasteiger partial charge in [-0.2, -0.15) is 0 Å². The smallest absolute Gasteiger partial charge is 0.308 e. The fourth-order valence-electron chi connectivity index (χ4n) is 5.06. The number of benzene rings is 2. The molecule has 0 aromatic heterocycles. The summed E-state index contributed by atoms with van der Waals surface area (Å²) in [6.07, 6.45) is -0.577. The Balaban J connectivity index is 2.05. The van der Waals surface area contributed by atoms with E-state index in [1.54, 1.807) is 0 Å². The molecule has 2 aromatic carbocycles. The van der Waals surface area contributed by atoms with Crippen LogP contribution in [-0.4, -0.2) is 55.4 Å². The maximum Gasteiger partial charge on any atom is 0.308 e. The van der Waals surface area contributed by atoms with Crippen LogP contribution < -0.4 is 0 Å². The number of ether oxygens (including phenoxy) is 3. The Hall–Kier alpha value is -2.03. The van der Waals surface area contributed by atoms with Crippen LogP contribution in [0.25, 0.3) is 0 Å². The summed E-state index contributed by atoms with van der Waals surface area (Å²) >= 11 is 0. The Morgan fingerprint density at radius 1 is 0.951 bits per heavy atom. The number of carbonyl (C=O) groups is 1. The molecule has 1 heterocycles. The first kappa shape index (κ1) is 33.5. The largest absolute Gasteiger partial charge is 0.460 e. The van der Waals surface area contributed by atoms with Gasteiger partial charge in [-0.3, -0.25) is 9.69 Å². The number of carbonyl (C=O) groups excluding carboxylic acids is 1. The highest BCUT2D eigenvalue weighted by molar-refractivity contribution is 6.74. The SMILES string of the molecule is C[C@H](c1ccccc1)N(Cc1ccccc1)[C@@H](CC(=O)OC(C)(C)C)[C@@H]1OC(C)(C)O[C@H]1CO[Si](C)(C)C(C)(C)C. The van der Waals surface area contributed by atoms with Crippen molar-refractivity contribution in [3.63, 3.8) is 0 Å². The van der Waals surface area contributed by atoms with Crippen LogP contribution in [0, 0.1) is 0 Å². The second-order valence-corrected chi connectivity index (χ2v) is 19.1. The maximum atomic E-state index is 13.5. The van der Waals surface area contributed by atoms with Gasteiger partial charge < -0.3 is 18.6 Å². The molecule has 0 bridgehead atoms. The molecule has 0 aliphatic carbocycles. The van der Waals surface area contributed by atoms with E-state index in [0.29, 0.717) is 13.2 Å². The summed E-state index contributed by atoms with van der Waals surface area (Å²) in [4.78, 5) is 15.9. The highest BCUT2D eigenvalue weighted by Gasteiger charge is 2.49. The van der Waals surface area contributed by atoms with E-state index in [4.69, 9.17) is 18.6 Å². The van der Waals surface area contributed by atoms with Gasteiger partial charge in [0.1, 0.15) is 17.8 Å². The van der Waals surface area contributed by atoms with Crippen molar-refractivity contribution < 1.29 is 23.4 Å². The lowest BCUT2D eigenvalue weighted by Crippen LogP contribution is -2.52. The first-order valence-electron chi connectivity index (χ1n) is 14.9. The summed E-state index contributed by atoms with van der Waals surface area (Å²) in [5, 5.41) is 0.0640. The van der Waals surface area contributed by atoms with E-state index in [2.05, 4.69) is 94.2 Å². The van der Waals surface area contributed by atoms with Gasteiger partial charge in [0, 0.05) is 12.6 Å². The molecule has 228 valence electrons. The Morgan fingerprint density at radius 2 is 1.51 bits per heavy atom. The van der Waals surface area contributed by atoms with Crippen LogP contribution in [-0.2, 0) is 30.0 Å². The van der Waals surface area contributed by atoms with E-state index >= 15 is 0 Å². The molecule has 41 heavy (non-hydrogen) atoms. The van der Waals surface area contributed by atoms with Gasteiger partial charge in [0.2, 0.25) is 0 Å². The summed E-state index contributed by atoms with van der Waals surface area (Å²) in [5.74, 6) is -1.06. The van der Waals surface area contributed by atoms with Crippen LogP contribution in [0.2, 0.25) is 18.1 Å². The predicted octanol–water partition coefficient (Wildman–Crippen LogP) is 7.89. The van der Waals surface area contributed by atoms with E-state index in [1.165, 1.54) is 5.56 Å². The van der Waals surface area contributed by atoms with Crippen molar-refractivity contribution in [2.45, 2.75) is 129 Å². The summed E-state index contributed by atoms with van der Waals surface area (Å²) < 4.78 is 25.7. The molecule has 0 spiro atoms. The fourth-order valence-corrected chi connectivity index (χ4v) is 6.07. The number of esters is 1. The molecule has 0 amide bonds. The molecule has 7 heteroatoms. The zero-order valence-corrected chi connectivity index (χ0v) is 28.2. The molecular weight excluding hydrogens is 530 g/mol. The van der Waals surface area contributed by atoms with E-state index in [-0.39, 0.29) is 35.6 Å². The first-order valence-corrected chi connectivity index (χ1v) is 17.9. The van der Waals surface area contributed by atoms with Crippen LogP contribution in [0.1, 0.15) is 85.9 Å². The van der Waals surface area contributed by atoms with Crippen LogP contribution in [0.3, 0.4) is 0 Å². The van der Waals surface area contributed by atoms with E-state index in [1.807, 2.05) is 46.8 Å². The van der Waals surface area contributed by atoms with Gasteiger partial charge in [-0.15, -0.1) is 0 Å². The lowest BCUT2D eigenvalue weighted by atomic mass is 9.95. The zero-order valence-electron chi connectivity index (χ0n) is 27.2. The third kappa shape index (κ3) is 9.48. The number of nitrogens with zero attached hydrogens (tertiary/aromatic N) is 1. The van der Waals surface area contributed by atoms with Crippen LogP contribution in [0.15, 0.2) is 60.7 Å². The minimum Gasteiger partial charge on any atom is -0.460 e. The Kier molecular flexibility index (Phi) is 10.7. The van der Waals surface area contributed by atoms with Crippen LogP contribution >= 0.6 is 0 Å². The Morgan fingerprint density at radius 3 is 2.05 bits per heavy atom. The summed E-state index contributed by atoms with van der Waals surface area (Å²) in [7, 11) is -2.05. The van der Waals surface area contributed by atoms with Crippen molar-refractivity contribution in [3.05, 3.63) is 71.8 Å². The average Bonchev–Trinajstić information content (AvgIpc) is 3.18. The van der Waals surface area contributed by atoms with E-state index in [0.717, 1.165) is 5.56 Å². The summed E-state index contributed by atoms with van der Waals surface area (Å²) in [5.41, 5.74) is 1.75. The van der Waals surface area contributed by atoms with Crippen molar-refractivity contribution in [1.29, 1.82) is 0 Å². The molecule has 4 atom stereocenters. The van der Waals surface area contributed by atoms with Gasteiger partial charge in [-0.1, -0.05) is 81.4 Å². The third-order valence-electron chi connectivity index (χ3n) is 8.22. The second kappa shape index (κ2) is 13.1. The quantitative estimate of drug-likeness (QED) is 0.198. The Bertz CT molecular complexity index is 1110. The predicted molar refractivity (Wildman–Crippen MR) is 168 cm³/mol. The second-order valence-electron chi connectivity index (χ2n) is 14.3. The van der Waals surface area contributed by atoms with Gasteiger partial charge in [0.05, 0.1) is 19.1 Å². The fraction of sp³-hybridized carbons (Fsp3) is 0.618. The highest BCUT2D eigenvalue weighted by atomic mass is 28.4. The molecule has 1 fully saturated rings. The number of hydrogen-bond acceptors (Lipinski definition) is 6. The van der Waals surface area contributed by atoms with Gasteiger partial charge in [0.25, 0.3) is 0 Å². The van der Waals surface area contributed by atoms with Crippen molar-refractivity contribution in [3.8, 4) is 0 Å². The zero-order chi connectivity index (χ0) is 30.6. The van der Waals surface area contributed by atoms with Gasteiger partial charge in [-0.25, -0.2) is 0 Å². The molecule has 2 aromatic rings. The average molecular weight is 584 g/mol. The van der Waals surface area contributed by atoms with Crippen LogP contribution in [0.4, 0.5) is 0 Å². The van der Waals surface area contributed by atoms with Gasteiger partial charge >= 0.3 is 5.97 Å². The molecule has 0 radical (unpaired) electrons. The first-order chi connectivity index (χ1) is 18.9. The lowest BCUT2D eigenvalue weighted by Gasteiger charge is -2.41. The molecule has 1 saturated heterocycles. The third-order valence-corrected chi connectivity index (χ3v) is 12.7. The van der Waals surface area contributed by atoms with Crippen molar-refractivity contribution in [2.75, 3.05) is 6.61 Å². The van der Waals surface area contributed by atoms with E-state index in [9.17, 15) is 4.79 Å². The summed E-state index contributed by atoms with van der Waals surface area (Å²) in [6.45, 7) is 24.1. The molecule has 0 unspecified atom stereocenters. The van der Waals surface area contributed by atoms with Crippen molar-refractivity contribution >= 4 is 14.3 Å². The van der Waals surface area contributed by atoms with Crippen molar-refractivity contribution in [2.24, 2.45) is 0 Å². The molecule has 0 N–H and O–H groups in total. The molecule has 0 saturated carbocycles. The molecule has 1 aliphatic heterocycles. The summed E-state index contributed by atoms with van der Waals surface area (Å²) in [6, 6.07) is 20.5. The molecule has 1 aliphatic rings. The minimum atomic E-state index is -2.05. The monoisotopic (exact) mass is 583 g/mol. The standard InChI is InChI=1S/C34H53NO5Si/c1-25(27-20-16-13-17-21-27)35(23-26-18-14-12-15-19-26)28(22-30(36)39-32(2,3)4)31-29(38-34(8,9)40-31)24-37-41(10,11)33(5,6)7/h12-21,25,28-29,31H,22-24H2,1-11H3/t25-,28+,29+,31+/m1/s1. The number of hydrogen-bond donors (Lipinski definition) is 0. The highest BCUT2D eigenvalue weighted by Crippen LogP contribution is 2.40.